The minimum Gasteiger partial charge on any atom is -0.271 e. The van der Waals surface area contributed by atoms with Crippen molar-refractivity contribution in [1.82, 2.24) is 5.43 Å². The van der Waals surface area contributed by atoms with Crippen molar-refractivity contribution < 1.29 is 13.2 Å². The second kappa shape index (κ2) is 8.35. The number of hydrogen-bond donors (Lipinski definition) is 1. The zero-order chi connectivity index (χ0) is 19.3. The largest absolute Gasteiger partial charge is 0.271 e. The first kappa shape index (κ1) is 19.1. The van der Waals surface area contributed by atoms with Crippen LogP contribution < -0.4 is 9.73 Å². The molecule has 6 nitrogen and oxygen atoms in total. The maximum absolute atomic E-state index is 13.2. The maximum Gasteiger partial charge on any atom is 0.264 e. The number of carbonyl (C=O) groups is 1. The van der Waals surface area contributed by atoms with Gasteiger partial charge in [0.05, 0.1) is 10.6 Å². The summed E-state index contributed by atoms with van der Waals surface area (Å²) in [5, 5.41) is 4.14. The molecule has 0 heterocycles. The lowest BCUT2D eigenvalue weighted by Crippen LogP contribution is -2.40. The molecule has 0 radical (unpaired) electrons. The van der Waals surface area contributed by atoms with E-state index >= 15 is 0 Å². The molecule has 2 aromatic carbocycles. The van der Waals surface area contributed by atoms with Crippen molar-refractivity contribution in [3.8, 4) is 0 Å². The SMILES string of the molecule is Cc1ccccc1N(CC(=O)NN=C1CCCC1)S(=O)(=O)c1ccccc1. The minimum absolute atomic E-state index is 0.142. The van der Waals surface area contributed by atoms with Gasteiger partial charge in [-0.25, -0.2) is 13.8 Å². The van der Waals surface area contributed by atoms with Gasteiger partial charge in [0, 0.05) is 5.71 Å². The van der Waals surface area contributed by atoms with Gasteiger partial charge in [0.1, 0.15) is 6.54 Å². The van der Waals surface area contributed by atoms with Gasteiger partial charge < -0.3 is 0 Å². The fourth-order valence-corrected chi connectivity index (χ4v) is 4.57. The quantitative estimate of drug-likeness (QED) is 0.776. The highest BCUT2D eigenvalue weighted by Crippen LogP contribution is 2.26. The number of nitrogens with one attached hydrogen (secondary N) is 1. The Hall–Kier alpha value is -2.67. The van der Waals surface area contributed by atoms with Crippen LogP contribution in [0.4, 0.5) is 5.69 Å². The first-order valence-corrected chi connectivity index (χ1v) is 10.4. The number of hydrazone groups is 1. The number of anilines is 1. The topological polar surface area (TPSA) is 78.8 Å². The first-order valence-electron chi connectivity index (χ1n) is 8.96. The molecule has 1 amide bonds. The van der Waals surface area contributed by atoms with Crippen LogP contribution in [0, 0.1) is 6.92 Å². The predicted molar refractivity (Wildman–Crippen MR) is 106 cm³/mol. The van der Waals surface area contributed by atoms with E-state index in [0.29, 0.717) is 5.69 Å². The van der Waals surface area contributed by atoms with Crippen molar-refractivity contribution in [3.05, 3.63) is 60.2 Å². The van der Waals surface area contributed by atoms with Gasteiger partial charge in [0.2, 0.25) is 0 Å². The van der Waals surface area contributed by atoms with E-state index < -0.39 is 15.9 Å². The van der Waals surface area contributed by atoms with Gasteiger partial charge in [0.15, 0.2) is 0 Å². The highest BCUT2D eigenvalue weighted by molar-refractivity contribution is 7.92. The second-order valence-corrected chi connectivity index (χ2v) is 8.39. The van der Waals surface area contributed by atoms with E-state index in [1.54, 1.807) is 30.3 Å². The summed E-state index contributed by atoms with van der Waals surface area (Å²) < 4.78 is 27.5. The molecule has 27 heavy (non-hydrogen) atoms. The summed E-state index contributed by atoms with van der Waals surface area (Å²) in [4.78, 5) is 12.6. The van der Waals surface area contributed by atoms with E-state index in [-0.39, 0.29) is 11.4 Å². The molecule has 0 atom stereocenters. The van der Waals surface area contributed by atoms with Crippen molar-refractivity contribution in [1.29, 1.82) is 0 Å². The number of aryl methyl sites for hydroxylation is 1. The molecule has 0 bridgehead atoms. The van der Waals surface area contributed by atoms with E-state index in [2.05, 4.69) is 10.5 Å². The van der Waals surface area contributed by atoms with Crippen LogP contribution in [0.3, 0.4) is 0 Å². The lowest BCUT2D eigenvalue weighted by molar-refractivity contribution is -0.119. The van der Waals surface area contributed by atoms with Gasteiger partial charge in [-0.05, 0) is 56.4 Å². The smallest absolute Gasteiger partial charge is 0.264 e. The van der Waals surface area contributed by atoms with Crippen molar-refractivity contribution in [2.24, 2.45) is 5.10 Å². The van der Waals surface area contributed by atoms with Crippen LogP contribution in [-0.4, -0.2) is 26.6 Å². The Kier molecular flexibility index (Phi) is 5.91. The number of carbonyl (C=O) groups excluding carboxylic acids is 1. The van der Waals surface area contributed by atoms with Gasteiger partial charge in [-0.1, -0.05) is 36.4 Å². The molecule has 1 aliphatic carbocycles. The van der Waals surface area contributed by atoms with Gasteiger partial charge in [-0.2, -0.15) is 5.10 Å². The van der Waals surface area contributed by atoms with Gasteiger partial charge >= 0.3 is 0 Å². The number of nitrogens with zero attached hydrogens (tertiary/aromatic N) is 2. The number of hydrogen-bond acceptors (Lipinski definition) is 4. The van der Waals surface area contributed by atoms with Gasteiger partial charge in [-0.3, -0.25) is 9.10 Å². The summed E-state index contributed by atoms with van der Waals surface area (Å²) in [5.74, 6) is -0.461. The summed E-state index contributed by atoms with van der Waals surface area (Å²) in [7, 11) is -3.88. The van der Waals surface area contributed by atoms with Crippen LogP contribution in [0.5, 0.6) is 0 Å². The van der Waals surface area contributed by atoms with Crippen molar-refractivity contribution in [2.75, 3.05) is 10.8 Å². The third-order valence-electron chi connectivity index (χ3n) is 4.52. The third kappa shape index (κ3) is 4.54. The average Bonchev–Trinajstić information content (AvgIpc) is 3.19. The maximum atomic E-state index is 13.2. The Balaban J connectivity index is 1.90. The highest BCUT2D eigenvalue weighted by atomic mass is 32.2. The second-order valence-electron chi connectivity index (χ2n) is 6.53. The summed E-state index contributed by atoms with van der Waals surface area (Å²) in [6.45, 7) is 1.48. The molecule has 3 rings (SSSR count). The fraction of sp³-hybridized carbons (Fsp3) is 0.300. The molecule has 0 aliphatic heterocycles. The average molecular weight is 385 g/mol. The number of sulfonamides is 1. The molecule has 0 saturated heterocycles. The Morgan fingerprint density at radius 3 is 2.33 bits per heavy atom. The fourth-order valence-electron chi connectivity index (χ4n) is 3.06. The van der Waals surface area contributed by atoms with Gasteiger partial charge in [-0.15, -0.1) is 0 Å². The van der Waals surface area contributed by atoms with Crippen LogP contribution in [0.25, 0.3) is 0 Å². The summed E-state index contributed by atoms with van der Waals surface area (Å²) >= 11 is 0. The van der Waals surface area contributed by atoms with Crippen LogP contribution in [0.15, 0.2) is 64.6 Å². The van der Waals surface area contributed by atoms with E-state index in [1.807, 2.05) is 19.1 Å². The van der Waals surface area contributed by atoms with Crippen molar-refractivity contribution >= 4 is 27.3 Å². The summed E-state index contributed by atoms with van der Waals surface area (Å²) in [6.07, 6.45) is 3.91. The summed E-state index contributed by atoms with van der Waals surface area (Å²) in [6, 6.07) is 15.2. The molecule has 2 aromatic rings. The van der Waals surface area contributed by atoms with Crippen LogP contribution in [0.2, 0.25) is 0 Å². The lowest BCUT2D eigenvalue weighted by atomic mass is 10.2. The third-order valence-corrected chi connectivity index (χ3v) is 6.30. The summed E-state index contributed by atoms with van der Waals surface area (Å²) in [5.41, 5.74) is 4.71. The van der Waals surface area contributed by atoms with E-state index in [9.17, 15) is 13.2 Å². The highest BCUT2D eigenvalue weighted by Gasteiger charge is 2.28. The minimum atomic E-state index is -3.88. The van der Waals surface area contributed by atoms with Gasteiger partial charge in [0.25, 0.3) is 15.9 Å². The van der Waals surface area contributed by atoms with Crippen molar-refractivity contribution in [2.45, 2.75) is 37.5 Å². The normalized spacial score (nSPS) is 14.0. The van der Waals surface area contributed by atoms with Crippen LogP contribution in [-0.2, 0) is 14.8 Å². The molecule has 0 aromatic heterocycles. The number of amides is 1. The van der Waals surface area contributed by atoms with E-state index in [4.69, 9.17) is 0 Å². The van der Waals surface area contributed by atoms with E-state index in [1.165, 1.54) is 12.1 Å². The van der Waals surface area contributed by atoms with Crippen LogP contribution in [0.1, 0.15) is 31.2 Å². The zero-order valence-corrected chi connectivity index (χ0v) is 16.1. The molecule has 7 heteroatoms. The molecule has 0 unspecified atom stereocenters. The first-order chi connectivity index (χ1) is 13.0. The molecule has 1 saturated carbocycles. The molecule has 1 aliphatic rings. The molecule has 1 fully saturated rings. The Morgan fingerprint density at radius 1 is 1.04 bits per heavy atom. The number of rotatable bonds is 6. The Morgan fingerprint density at radius 2 is 1.67 bits per heavy atom. The molecular formula is C20H23N3O3S. The zero-order valence-electron chi connectivity index (χ0n) is 15.3. The molecular weight excluding hydrogens is 362 g/mol. The standard InChI is InChI=1S/C20H23N3O3S/c1-16-9-5-8-14-19(16)23(27(25,26)18-12-3-2-4-13-18)15-20(24)22-21-17-10-6-7-11-17/h2-5,8-9,12-14H,6-7,10-11,15H2,1H3,(H,22,24). The molecule has 1 N–H and O–H groups in total. The lowest BCUT2D eigenvalue weighted by Gasteiger charge is -2.25. The van der Waals surface area contributed by atoms with Crippen LogP contribution >= 0.6 is 0 Å². The van der Waals surface area contributed by atoms with Crippen molar-refractivity contribution in [3.63, 3.8) is 0 Å². The Labute approximate surface area is 159 Å². The predicted octanol–water partition coefficient (Wildman–Crippen LogP) is 3.24. The molecule has 0 spiro atoms. The molecule has 142 valence electrons. The number of para-hydroxylation sites is 1. The van der Waals surface area contributed by atoms with E-state index in [0.717, 1.165) is 41.3 Å². The number of benzene rings is 2. The Bertz CT molecular complexity index is 932. The monoisotopic (exact) mass is 385 g/mol.